The maximum absolute atomic E-state index is 13.4. The van der Waals surface area contributed by atoms with Crippen LogP contribution in [0, 0.1) is 0 Å². The largest absolute Gasteiger partial charge is 0.502 e. The number of fused-ring (bicyclic) bond motifs is 3. The Bertz CT molecular complexity index is 1520. The van der Waals surface area contributed by atoms with Crippen LogP contribution in [0.1, 0.15) is 11.1 Å². The van der Waals surface area contributed by atoms with Crippen molar-refractivity contribution in [1.82, 2.24) is 0 Å². The summed E-state index contributed by atoms with van der Waals surface area (Å²) in [4.78, 5) is -8.69. The molecule has 188 valence electrons. The predicted molar refractivity (Wildman–Crippen MR) is 94.4 cm³/mol. The molecule has 0 aromatic heterocycles. The molecule has 6 nitrogen and oxygen atoms in total. The van der Waals surface area contributed by atoms with Crippen molar-refractivity contribution in [2.45, 2.75) is 37.6 Å². The third-order valence-corrected chi connectivity index (χ3v) is 9.66. The predicted octanol–water partition coefficient (Wildman–Crippen LogP) is 4.14. The van der Waals surface area contributed by atoms with Crippen molar-refractivity contribution in [3.05, 3.63) is 41.5 Å². The summed E-state index contributed by atoms with van der Waals surface area (Å²) in [7, 11) is -21.6. The van der Waals surface area contributed by atoms with Crippen LogP contribution in [0.2, 0.25) is 0 Å². The Hall–Kier alpha value is -2.34. The lowest BCUT2D eigenvalue weighted by Gasteiger charge is -2.21. The molecule has 0 heterocycles. The van der Waals surface area contributed by atoms with Crippen LogP contribution in [-0.4, -0.2) is 41.8 Å². The molecular weight excluding hydrogens is 555 g/mol. The van der Waals surface area contributed by atoms with E-state index < -0.39 is 78.3 Å². The first-order chi connectivity index (χ1) is 15.1. The minimum Gasteiger partial charge on any atom is -0.214 e. The van der Waals surface area contributed by atoms with E-state index in [1.165, 1.54) is 12.1 Å². The van der Waals surface area contributed by atoms with Gasteiger partial charge < -0.3 is 0 Å². The summed E-state index contributed by atoms with van der Waals surface area (Å²) in [5, 5.41) is 0. The van der Waals surface area contributed by atoms with Crippen LogP contribution in [0.15, 0.2) is 45.0 Å². The number of alkyl halides is 9. The zero-order valence-electron chi connectivity index (χ0n) is 15.7. The summed E-state index contributed by atoms with van der Waals surface area (Å²) in [6.07, 6.45) is -0.942. The molecular formula is C16H7F9O6S3. The van der Waals surface area contributed by atoms with Gasteiger partial charge in [0.1, 0.15) is 9.79 Å². The Balaban J connectivity index is 2.75. The average molecular weight is 562 g/mol. The Morgan fingerprint density at radius 1 is 0.588 bits per heavy atom. The Labute approximate surface area is 184 Å². The van der Waals surface area contributed by atoms with E-state index in [1.807, 2.05) is 0 Å². The summed E-state index contributed by atoms with van der Waals surface area (Å²) in [5.41, 5.74) is -22.2. The summed E-state index contributed by atoms with van der Waals surface area (Å²) in [5.74, 6) is 0. The molecule has 2 aromatic rings. The second kappa shape index (κ2) is 7.33. The molecule has 0 amide bonds. The Morgan fingerprint density at radius 3 is 1.50 bits per heavy atom. The van der Waals surface area contributed by atoms with E-state index in [-0.39, 0.29) is 17.2 Å². The first-order valence-corrected chi connectivity index (χ1v) is 12.7. The van der Waals surface area contributed by atoms with Crippen LogP contribution in [0.4, 0.5) is 39.5 Å². The van der Waals surface area contributed by atoms with Crippen LogP contribution in [0.5, 0.6) is 0 Å². The number of benzene rings is 2. The van der Waals surface area contributed by atoms with Crippen LogP contribution in [-0.2, 0) is 35.9 Å². The van der Waals surface area contributed by atoms with Crippen molar-refractivity contribution in [2.24, 2.45) is 0 Å². The normalized spacial score (nSPS) is 15.2. The molecule has 34 heavy (non-hydrogen) atoms. The van der Waals surface area contributed by atoms with E-state index in [4.69, 9.17) is 0 Å². The third kappa shape index (κ3) is 3.65. The van der Waals surface area contributed by atoms with Crippen LogP contribution >= 0.6 is 0 Å². The molecule has 0 saturated carbocycles. The lowest BCUT2D eigenvalue weighted by molar-refractivity contribution is -0.0465. The van der Waals surface area contributed by atoms with Crippen molar-refractivity contribution >= 4 is 29.5 Å². The van der Waals surface area contributed by atoms with Gasteiger partial charge in [-0.25, -0.2) is 25.3 Å². The molecule has 0 fully saturated rings. The molecule has 1 aliphatic carbocycles. The fourth-order valence-corrected chi connectivity index (χ4v) is 7.56. The van der Waals surface area contributed by atoms with Crippen molar-refractivity contribution in [2.75, 3.05) is 0 Å². The maximum atomic E-state index is 13.4. The number of sulfone groups is 3. The van der Waals surface area contributed by atoms with Gasteiger partial charge in [-0.2, -0.15) is 39.5 Å². The maximum Gasteiger partial charge on any atom is 0.502 e. The first kappa shape index (κ1) is 26.3. The van der Waals surface area contributed by atoms with Gasteiger partial charge in [-0.15, -0.1) is 0 Å². The molecule has 0 bridgehead atoms. The fourth-order valence-electron chi connectivity index (χ4n) is 3.29. The fraction of sp³-hybridized carbons (Fsp3) is 0.250. The second-order valence-corrected chi connectivity index (χ2v) is 12.4. The number of halogens is 9. The summed E-state index contributed by atoms with van der Waals surface area (Å²) in [6, 6.07) is 4.34. The summed E-state index contributed by atoms with van der Waals surface area (Å²) < 4.78 is 193. The molecule has 2 aromatic carbocycles. The van der Waals surface area contributed by atoms with Crippen molar-refractivity contribution in [3.8, 4) is 11.1 Å². The smallest absolute Gasteiger partial charge is 0.214 e. The zero-order valence-corrected chi connectivity index (χ0v) is 18.1. The number of hydrogen-bond donors (Lipinski definition) is 0. The van der Waals surface area contributed by atoms with E-state index in [0.29, 0.717) is 0 Å². The number of rotatable bonds is 3. The van der Waals surface area contributed by atoms with Gasteiger partial charge in [-0.3, -0.25) is 0 Å². The van der Waals surface area contributed by atoms with E-state index in [9.17, 15) is 64.8 Å². The molecule has 0 spiro atoms. The van der Waals surface area contributed by atoms with Crippen molar-refractivity contribution in [1.29, 1.82) is 0 Å². The highest BCUT2D eigenvalue weighted by Gasteiger charge is 2.60. The lowest BCUT2D eigenvalue weighted by atomic mass is 10.1. The molecule has 18 heteroatoms. The van der Waals surface area contributed by atoms with Crippen LogP contribution < -0.4 is 0 Å². The Morgan fingerprint density at radius 2 is 1.03 bits per heavy atom. The van der Waals surface area contributed by atoms with Gasteiger partial charge in [-0.1, -0.05) is 24.3 Å². The van der Waals surface area contributed by atoms with Crippen LogP contribution in [0.3, 0.4) is 0 Å². The van der Waals surface area contributed by atoms with E-state index in [2.05, 4.69) is 0 Å². The lowest BCUT2D eigenvalue weighted by Crippen LogP contribution is -2.33. The molecule has 0 unspecified atom stereocenters. The van der Waals surface area contributed by atoms with Crippen LogP contribution in [0.25, 0.3) is 11.1 Å². The van der Waals surface area contributed by atoms with Gasteiger partial charge in [0, 0.05) is 6.42 Å². The quantitative estimate of drug-likeness (QED) is 0.445. The van der Waals surface area contributed by atoms with Gasteiger partial charge in [0.25, 0.3) is 29.5 Å². The topological polar surface area (TPSA) is 102 Å². The Kier molecular flexibility index (Phi) is 5.66. The van der Waals surface area contributed by atoms with Gasteiger partial charge >= 0.3 is 16.5 Å². The highest BCUT2D eigenvalue weighted by molar-refractivity contribution is 7.97. The zero-order chi connectivity index (χ0) is 26.3. The SMILES string of the molecule is O=S(=O)(c1cc2c(c(S(=O)(=O)C(F)(F)F)c1S(=O)(=O)C(F)(F)F)Cc1ccccc1-2)C(F)(F)F. The summed E-state index contributed by atoms with van der Waals surface area (Å²) >= 11 is 0. The van der Waals surface area contributed by atoms with Crippen molar-refractivity contribution < 1.29 is 64.8 Å². The molecule has 1 aliphatic rings. The van der Waals surface area contributed by atoms with E-state index in [0.717, 1.165) is 12.1 Å². The minimum atomic E-state index is -7.39. The molecule has 0 saturated heterocycles. The summed E-state index contributed by atoms with van der Waals surface area (Å²) in [6.45, 7) is 0. The molecule has 0 N–H and O–H groups in total. The molecule has 0 aliphatic heterocycles. The minimum absolute atomic E-state index is 0.104. The molecule has 3 rings (SSSR count). The van der Waals surface area contributed by atoms with Gasteiger partial charge in [-0.05, 0) is 28.3 Å². The first-order valence-electron chi connectivity index (χ1n) is 8.29. The average Bonchev–Trinajstić information content (AvgIpc) is 3.01. The molecule has 0 atom stereocenters. The van der Waals surface area contributed by atoms with Gasteiger partial charge in [0.15, 0.2) is 0 Å². The van der Waals surface area contributed by atoms with Gasteiger partial charge in [0.05, 0.1) is 4.90 Å². The number of hydrogen-bond acceptors (Lipinski definition) is 6. The standard InChI is InChI=1S/C16H7F9O6S3/c17-14(18,19)32(26,27)11-6-9-8-4-2-1-3-7(8)5-10(9)12(33(28,29)15(20,21)22)13(11)34(30,31)16(23,24)25/h1-4,6H,5H2. The monoisotopic (exact) mass is 562 g/mol. The second-order valence-electron chi connectivity index (χ2n) is 6.74. The molecule has 0 radical (unpaired) electrons. The highest BCUT2D eigenvalue weighted by Crippen LogP contribution is 2.51. The van der Waals surface area contributed by atoms with E-state index in [1.54, 1.807) is 0 Å². The van der Waals surface area contributed by atoms with Gasteiger partial charge in [0.2, 0.25) is 0 Å². The van der Waals surface area contributed by atoms with E-state index >= 15 is 0 Å². The third-order valence-electron chi connectivity index (χ3n) is 4.72. The van der Waals surface area contributed by atoms with Crippen molar-refractivity contribution in [3.63, 3.8) is 0 Å². The highest BCUT2D eigenvalue weighted by atomic mass is 32.2.